The number of aliphatic hydroxyl groups excluding tert-OH is 2. The average molecular weight is 227 g/mol. The van der Waals surface area contributed by atoms with Gasteiger partial charge < -0.3 is 15.5 Å². The molecule has 1 heterocycles. The highest BCUT2D eigenvalue weighted by atomic mass is 32.1. The van der Waals surface area contributed by atoms with E-state index in [1.165, 1.54) is 0 Å². The lowest BCUT2D eigenvalue weighted by Crippen LogP contribution is -2.29. The maximum Gasteiger partial charge on any atom is 0.101 e. The number of aliphatic hydroxyl groups is 2. The lowest BCUT2D eigenvalue weighted by molar-refractivity contribution is 0.165. The van der Waals surface area contributed by atoms with Crippen molar-refractivity contribution in [2.24, 2.45) is 5.41 Å². The lowest BCUT2D eigenvalue weighted by Gasteiger charge is -2.15. The van der Waals surface area contributed by atoms with Crippen LogP contribution in [0, 0.1) is 5.41 Å². The quantitative estimate of drug-likeness (QED) is 0.683. The highest BCUT2D eigenvalue weighted by Gasteiger charge is 2.41. The first-order chi connectivity index (χ1) is 7.26. The first kappa shape index (κ1) is 11.1. The molecule has 0 bridgehead atoms. The van der Waals surface area contributed by atoms with Gasteiger partial charge in [-0.2, -0.15) is 0 Å². The summed E-state index contributed by atoms with van der Waals surface area (Å²) in [5.74, 6) is 0. The zero-order chi connectivity index (χ0) is 10.7. The minimum Gasteiger partial charge on any atom is -0.396 e. The molecule has 3 N–H and O–H groups in total. The molecule has 0 radical (unpaired) electrons. The maximum atomic E-state index is 9.78. The summed E-state index contributed by atoms with van der Waals surface area (Å²) in [5.41, 5.74) is 0.120. The van der Waals surface area contributed by atoms with E-state index in [9.17, 15) is 5.11 Å². The molecule has 1 aliphatic rings. The Balaban J connectivity index is 1.70. The van der Waals surface area contributed by atoms with Gasteiger partial charge in [-0.15, -0.1) is 11.3 Å². The third-order valence-electron chi connectivity index (χ3n) is 3.00. The van der Waals surface area contributed by atoms with Crippen LogP contribution in [0.1, 0.15) is 23.8 Å². The second-order valence-corrected chi connectivity index (χ2v) is 5.30. The van der Waals surface area contributed by atoms with Crippen LogP contribution >= 0.6 is 11.3 Å². The predicted octanol–water partition coefficient (Wildman–Crippen LogP) is 1.14. The molecule has 4 heteroatoms. The van der Waals surface area contributed by atoms with E-state index in [4.69, 9.17) is 5.11 Å². The average Bonchev–Trinajstić information content (AvgIpc) is 2.81. The Morgan fingerprint density at radius 1 is 1.53 bits per heavy atom. The van der Waals surface area contributed by atoms with Crippen molar-refractivity contribution in [3.05, 3.63) is 22.4 Å². The van der Waals surface area contributed by atoms with Crippen molar-refractivity contribution < 1.29 is 10.2 Å². The van der Waals surface area contributed by atoms with Crippen LogP contribution in [0.3, 0.4) is 0 Å². The molecule has 1 aromatic rings. The van der Waals surface area contributed by atoms with Crippen molar-refractivity contribution in [2.75, 3.05) is 19.7 Å². The summed E-state index contributed by atoms with van der Waals surface area (Å²) in [4.78, 5) is 0.997. The summed E-state index contributed by atoms with van der Waals surface area (Å²) in [6, 6.07) is 3.88. The van der Waals surface area contributed by atoms with Gasteiger partial charge in [0.05, 0.1) is 0 Å². The molecule has 0 saturated heterocycles. The summed E-state index contributed by atoms with van der Waals surface area (Å²) < 4.78 is 0. The fourth-order valence-electron chi connectivity index (χ4n) is 1.62. The summed E-state index contributed by atoms with van der Waals surface area (Å²) in [5, 5.41) is 24.1. The SMILES string of the molecule is OCC1(CNCC(O)c2cccs2)CC1. The van der Waals surface area contributed by atoms with Crippen LogP contribution in [-0.2, 0) is 0 Å². The molecule has 3 nitrogen and oxygen atoms in total. The van der Waals surface area contributed by atoms with Crippen LogP contribution in [0.15, 0.2) is 17.5 Å². The van der Waals surface area contributed by atoms with Crippen molar-refractivity contribution in [3.8, 4) is 0 Å². The summed E-state index contributed by atoms with van der Waals surface area (Å²) >= 11 is 1.57. The van der Waals surface area contributed by atoms with Crippen molar-refractivity contribution in [1.82, 2.24) is 5.32 Å². The van der Waals surface area contributed by atoms with Gasteiger partial charge in [-0.3, -0.25) is 0 Å². The second kappa shape index (κ2) is 4.61. The topological polar surface area (TPSA) is 52.5 Å². The Hall–Kier alpha value is -0.420. The molecule has 0 aromatic carbocycles. The van der Waals surface area contributed by atoms with Gasteiger partial charge in [0.25, 0.3) is 0 Å². The van der Waals surface area contributed by atoms with Gasteiger partial charge in [0.15, 0.2) is 0 Å². The van der Waals surface area contributed by atoms with Gasteiger partial charge in [0.2, 0.25) is 0 Å². The monoisotopic (exact) mass is 227 g/mol. The van der Waals surface area contributed by atoms with E-state index in [-0.39, 0.29) is 12.0 Å². The number of thiophene rings is 1. The van der Waals surface area contributed by atoms with Crippen LogP contribution in [-0.4, -0.2) is 29.9 Å². The van der Waals surface area contributed by atoms with Crippen molar-refractivity contribution in [3.63, 3.8) is 0 Å². The molecule has 15 heavy (non-hydrogen) atoms. The van der Waals surface area contributed by atoms with Gasteiger partial charge in [0, 0.05) is 30.0 Å². The number of rotatable bonds is 6. The Morgan fingerprint density at radius 2 is 2.33 bits per heavy atom. The Kier molecular flexibility index (Phi) is 3.41. The second-order valence-electron chi connectivity index (χ2n) is 4.32. The molecule has 1 atom stereocenters. The Bertz CT molecular complexity index is 296. The molecule has 0 spiro atoms. The van der Waals surface area contributed by atoms with Crippen molar-refractivity contribution in [2.45, 2.75) is 18.9 Å². The predicted molar refractivity (Wildman–Crippen MR) is 60.9 cm³/mol. The summed E-state index contributed by atoms with van der Waals surface area (Å²) in [6.07, 6.45) is 1.79. The van der Waals surface area contributed by atoms with Gasteiger partial charge in [0.1, 0.15) is 6.10 Å². The van der Waals surface area contributed by atoms with E-state index in [1.54, 1.807) is 11.3 Å². The fraction of sp³-hybridized carbons (Fsp3) is 0.636. The molecule has 0 aliphatic heterocycles. The smallest absolute Gasteiger partial charge is 0.101 e. The molecule has 1 saturated carbocycles. The van der Waals surface area contributed by atoms with Crippen LogP contribution in [0.25, 0.3) is 0 Å². The van der Waals surface area contributed by atoms with Crippen molar-refractivity contribution >= 4 is 11.3 Å². The highest BCUT2D eigenvalue weighted by molar-refractivity contribution is 7.10. The number of nitrogens with one attached hydrogen (secondary N) is 1. The molecule has 0 amide bonds. The zero-order valence-corrected chi connectivity index (χ0v) is 9.46. The van der Waals surface area contributed by atoms with E-state index in [0.717, 1.165) is 24.3 Å². The molecular formula is C11H17NO2S. The number of hydrogen-bond donors (Lipinski definition) is 3. The molecule has 1 aromatic heterocycles. The highest BCUT2D eigenvalue weighted by Crippen LogP contribution is 2.44. The largest absolute Gasteiger partial charge is 0.396 e. The van der Waals surface area contributed by atoms with Gasteiger partial charge >= 0.3 is 0 Å². The molecule has 1 fully saturated rings. The molecule has 84 valence electrons. The van der Waals surface area contributed by atoms with Gasteiger partial charge in [-0.05, 0) is 24.3 Å². The third-order valence-corrected chi connectivity index (χ3v) is 3.98. The van der Waals surface area contributed by atoms with E-state index < -0.39 is 6.10 Å². The normalized spacial score (nSPS) is 20.1. The van der Waals surface area contributed by atoms with E-state index in [2.05, 4.69) is 5.32 Å². The minimum absolute atomic E-state index is 0.120. The third kappa shape index (κ3) is 2.78. The molecular weight excluding hydrogens is 210 g/mol. The van der Waals surface area contributed by atoms with Crippen LogP contribution in [0.4, 0.5) is 0 Å². The number of hydrogen-bond acceptors (Lipinski definition) is 4. The zero-order valence-electron chi connectivity index (χ0n) is 8.65. The minimum atomic E-state index is -0.417. The summed E-state index contributed by atoms with van der Waals surface area (Å²) in [6.45, 7) is 1.64. The summed E-state index contributed by atoms with van der Waals surface area (Å²) in [7, 11) is 0. The molecule has 1 aliphatic carbocycles. The van der Waals surface area contributed by atoms with Crippen LogP contribution < -0.4 is 5.32 Å². The van der Waals surface area contributed by atoms with E-state index >= 15 is 0 Å². The first-order valence-corrected chi connectivity index (χ1v) is 6.17. The fourth-order valence-corrected chi connectivity index (χ4v) is 2.33. The maximum absolute atomic E-state index is 9.78. The van der Waals surface area contributed by atoms with Gasteiger partial charge in [-0.1, -0.05) is 6.07 Å². The Labute approximate surface area is 93.8 Å². The molecule has 1 unspecified atom stereocenters. The van der Waals surface area contributed by atoms with E-state index in [0.29, 0.717) is 6.54 Å². The molecule has 2 rings (SSSR count). The lowest BCUT2D eigenvalue weighted by atomic mass is 10.1. The van der Waals surface area contributed by atoms with Crippen LogP contribution in [0.2, 0.25) is 0 Å². The Morgan fingerprint density at radius 3 is 2.87 bits per heavy atom. The van der Waals surface area contributed by atoms with Crippen molar-refractivity contribution in [1.29, 1.82) is 0 Å². The van der Waals surface area contributed by atoms with Crippen LogP contribution in [0.5, 0.6) is 0 Å². The van der Waals surface area contributed by atoms with Gasteiger partial charge in [-0.25, -0.2) is 0 Å². The van der Waals surface area contributed by atoms with E-state index in [1.807, 2.05) is 17.5 Å². The standard InChI is InChI=1S/C11H17NO2S/c13-8-11(3-4-11)7-12-6-9(14)10-2-1-5-15-10/h1-2,5,9,12-14H,3-4,6-8H2. The first-order valence-electron chi connectivity index (χ1n) is 5.29.